The van der Waals surface area contributed by atoms with E-state index in [-0.39, 0.29) is 41.0 Å². The fourth-order valence-electron chi connectivity index (χ4n) is 8.09. The molecule has 30 heavy (non-hydrogen) atoms. The van der Waals surface area contributed by atoms with Crippen molar-refractivity contribution in [2.75, 3.05) is 0 Å². The van der Waals surface area contributed by atoms with Crippen LogP contribution in [0.1, 0.15) is 70.3 Å². The molecule has 6 nitrogen and oxygen atoms in total. The Bertz CT molecular complexity index is 904. The van der Waals surface area contributed by atoms with E-state index in [1.807, 2.05) is 6.92 Å². The van der Waals surface area contributed by atoms with E-state index in [2.05, 4.69) is 6.92 Å². The lowest BCUT2D eigenvalue weighted by Crippen LogP contribution is -2.70. The van der Waals surface area contributed by atoms with Crippen molar-refractivity contribution in [2.45, 2.75) is 82.5 Å². The zero-order valence-electron chi connectivity index (χ0n) is 17.7. The third-order valence-corrected chi connectivity index (χ3v) is 9.80. The lowest BCUT2D eigenvalue weighted by molar-refractivity contribution is -0.230. The highest BCUT2D eigenvalue weighted by Gasteiger charge is 2.73. The molecule has 0 unspecified atom stereocenters. The summed E-state index contributed by atoms with van der Waals surface area (Å²) in [5.41, 5.74) is -2.17. The minimum atomic E-state index is -1.27. The highest BCUT2D eigenvalue weighted by molar-refractivity contribution is 5.89. The molecule has 3 N–H and O–H groups in total. The summed E-state index contributed by atoms with van der Waals surface area (Å²) in [5, 5.41) is 33.7. The predicted octanol–water partition coefficient (Wildman–Crippen LogP) is 2.39. The molecule has 6 heteroatoms. The van der Waals surface area contributed by atoms with Crippen molar-refractivity contribution < 1.29 is 24.5 Å². The molecule has 0 aromatic carbocycles. The second-order valence-corrected chi connectivity index (χ2v) is 10.8. The highest BCUT2D eigenvalue weighted by Crippen LogP contribution is 2.69. The summed E-state index contributed by atoms with van der Waals surface area (Å²) >= 11 is 0. The van der Waals surface area contributed by atoms with Crippen LogP contribution < -0.4 is 5.63 Å². The van der Waals surface area contributed by atoms with Gasteiger partial charge < -0.3 is 19.7 Å². The van der Waals surface area contributed by atoms with Crippen LogP contribution in [0.15, 0.2) is 27.6 Å². The molecule has 4 saturated carbocycles. The van der Waals surface area contributed by atoms with Gasteiger partial charge in [0.2, 0.25) is 0 Å². The number of aliphatic hydroxyl groups excluding tert-OH is 2. The first-order chi connectivity index (χ1) is 14.1. The van der Waals surface area contributed by atoms with Gasteiger partial charge in [0, 0.05) is 17.4 Å². The van der Waals surface area contributed by atoms with E-state index in [0.717, 1.165) is 24.8 Å². The molecule has 0 saturated heterocycles. The molecule has 9 atom stereocenters. The molecule has 0 spiro atoms. The molecule has 0 radical (unpaired) electrons. The summed E-state index contributed by atoms with van der Waals surface area (Å²) in [5.74, 6) is -0.752. The van der Waals surface area contributed by atoms with E-state index in [0.29, 0.717) is 25.7 Å². The lowest BCUT2D eigenvalue weighted by atomic mass is 9.42. The Labute approximate surface area is 176 Å². The van der Waals surface area contributed by atoms with Crippen molar-refractivity contribution in [3.63, 3.8) is 0 Å². The number of Topliss-reactive ketones (excluding diaryl/α,β-unsaturated/α-hetero) is 1. The van der Waals surface area contributed by atoms with E-state index in [1.54, 1.807) is 6.07 Å². The van der Waals surface area contributed by atoms with Crippen LogP contribution in [0.25, 0.3) is 0 Å². The van der Waals surface area contributed by atoms with Crippen LogP contribution in [-0.4, -0.2) is 38.9 Å². The van der Waals surface area contributed by atoms with Crippen LogP contribution in [-0.2, 0) is 4.79 Å². The number of ketones is 1. The van der Waals surface area contributed by atoms with Gasteiger partial charge in [-0.3, -0.25) is 4.79 Å². The van der Waals surface area contributed by atoms with Gasteiger partial charge >= 0.3 is 5.63 Å². The van der Waals surface area contributed by atoms with Gasteiger partial charge in [-0.2, -0.15) is 0 Å². The van der Waals surface area contributed by atoms with Crippen molar-refractivity contribution >= 4 is 5.78 Å². The smallest absolute Gasteiger partial charge is 0.335 e. The topological polar surface area (TPSA) is 108 Å². The van der Waals surface area contributed by atoms with Crippen molar-refractivity contribution in [1.82, 2.24) is 0 Å². The van der Waals surface area contributed by atoms with Crippen LogP contribution in [0.5, 0.6) is 0 Å². The number of rotatable bonds is 1. The van der Waals surface area contributed by atoms with Gasteiger partial charge in [0.1, 0.15) is 6.10 Å². The number of carbonyl (C=O) groups excluding carboxylic acids is 1. The zero-order chi connectivity index (χ0) is 21.5. The molecule has 5 rings (SSSR count). The quantitative estimate of drug-likeness (QED) is 0.649. The first-order valence-electron chi connectivity index (χ1n) is 11.3. The Hall–Kier alpha value is -1.50. The monoisotopic (exact) mass is 416 g/mol. The molecule has 4 aliphatic rings. The van der Waals surface area contributed by atoms with Gasteiger partial charge in [-0.25, -0.2) is 4.79 Å². The molecule has 0 bridgehead atoms. The molecule has 4 fully saturated rings. The number of hydrogen-bond acceptors (Lipinski definition) is 6. The molecule has 0 aliphatic heterocycles. The van der Waals surface area contributed by atoms with Crippen LogP contribution in [0, 0.1) is 28.6 Å². The average molecular weight is 417 g/mol. The van der Waals surface area contributed by atoms with Crippen LogP contribution in [0.4, 0.5) is 0 Å². The van der Waals surface area contributed by atoms with Gasteiger partial charge in [0.25, 0.3) is 0 Å². The van der Waals surface area contributed by atoms with Crippen molar-refractivity contribution in [2.24, 2.45) is 28.6 Å². The zero-order valence-corrected chi connectivity index (χ0v) is 17.7. The van der Waals surface area contributed by atoms with Gasteiger partial charge in [-0.15, -0.1) is 0 Å². The number of carbonyl (C=O) groups is 1. The largest absolute Gasteiger partial charge is 0.431 e. The molecule has 4 aliphatic carbocycles. The summed E-state index contributed by atoms with van der Waals surface area (Å²) in [4.78, 5) is 25.1. The van der Waals surface area contributed by atoms with Crippen LogP contribution >= 0.6 is 0 Å². The number of fused-ring (bicyclic) bond motifs is 5. The molecule has 164 valence electrons. The Morgan fingerprint density at radius 3 is 2.50 bits per heavy atom. The summed E-state index contributed by atoms with van der Waals surface area (Å²) in [6.07, 6.45) is 4.71. The number of hydrogen-bond donors (Lipinski definition) is 3. The first-order valence-corrected chi connectivity index (χ1v) is 11.3. The third kappa shape index (κ3) is 2.41. The molecule has 1 heterocycles. The lowest BCUT2D eigenvalue weighted by Gasteiger charge is -2.63. The summed E-state index contributed by atoms with van der Waals surface area (Å²) in [6, 6.07) is 3.05. The fourth-order valence-corrected chi connectivity index (χ4v) is 8.09. The fraction of sp³-hybridized carbons (Fsp3) is 0.750. The van der Waals surface area contributed by atoms with Gasteiger partial charge in [-0.05, 0) is 79.7 Å². The molecule has 0 amide bonds. The first kappa shape index (κ1) is 20.4. The van der Waals surface area contributed by atoms with Crippen LogP contribution in [0.3, 0.4) is 0 Å². The van der Waals surface area contributed by atoms with Crippen molar-refractivity contribution in [1.29, 1.82) is 0 Å². The Morgan fingerprint density at radius 2 is 1.80 bits per heavy atom. The average Bonchev–Trinajstić information content (AvgIpc) is 3.00. The maximum Gasteiger partial charge on any atom is 0.335 e. The van der Waals surface area contributed by atoms with Crippen LogP contribution in [0.2, 0.25) is 0 Å². The van der Waals surface area contributed by atoms with E-state index in [4.69, 9.17) is 4.42 Å². The Morgan fingerprint density at radius 1 is 1.03 bits per heavy atom. The Kier molecular flexibility index (Phi) is 4.42. The highest BCUT2D eigenvalue weighted by atomic mass is 16.4. The van der Waals surface area contributed by atoms with E-state index < -0.39 is 22.7 Å². The molecular weight excluding hydrogens is 384 g/mol. The second-order valence-electron chi connectivity index (χ2n) is 10.8. The predicted molar refractivity (Wildman–Crippen MR) is 109 cm³/mol. The van der Waals surface area contributed by atoms with Crippen molar-refractivity contribution in [3.05, 3.63) is 34.4 Å². The maximum atomic E-state index is 13.7. The van der Waals surface area contributed by atoms with Crippen molar-refractivity contribution in [3.8, 4) is 0 Å². The Balaban J connectivity index is 1.58. The van der Waals surface area contributed by atoms with Gasteiger partial charge in [0.05, 0.1) is 18.0 Å². The maximum absolute atomic E-state index is 13.7. The van der Waals surface area contributed by atoms with Gasteiger partial charge in [-0.1, -0.05) is 13.8 Å². The third-order valence-electron chi connectivity index (χ3n) is 9.80. The minimum absolute atomic E-state index is 0.153. The molecular formula is C24H32O6. The molecule has 1 aromatic rings. The molecule has 1 aromatic heterocycles. The summed E-state index contributed by atoms with van der Waals surface area (Å²) < 4.78 is 5.07. The van der Waals surface area contributed by atoms with E-state index in [9.17, 15) is 24.9 Å². The standard InChI is InChI=1S/C24H32O6/c1-22-9-7-15(25)11-14(22)4-5-17-19(22)20(27)21(28)23(2)16(8-10-24(17,23)29)13-3-6-18(26)30-12-13/h3,6,12,14-17,19,21,25,28-29H,4-5,7-11H2,1-2H3/t14-,15+,16-,17-,19-,21+,22+,23+,24+/m1/s1. The summed E-state index contributed by atoms with van der Waals surface area (Å²) in [6.45, 7) is 3.98. The minimum Gasteiger partial charge on any atom is -0.431 e. The van der Waals surface area contributed by atoms with Gasteiger partial charge in [0.15, 0.2) is 5.78 Å². The normalized spacial score (nSPS) is 50.5. The van der Waals surface area contributed by atoms with E-state index in [1.165, 1.54) is 12.3 Å². The number of aliphatic hydroxyl groups is 3. The summed E-state index contributed by atoms with van der Waals surface area (Å²) in [7, 11) is 0. The second kappa shape index (κ2) is 6.50. The van der Waals surface area contributed by atoms with E-state index >= 15 is 0 Å². The SMILES string of the molecule is C[C@]12CC[C@H](O)C[C@H]1CC[C@@H]1[C@@H]2C(=O)[C@H](O)[C@]2(C)[C@@H](c3ccc(=O)oc3)CC[C@]12O.